The van der Waals surface area contributed by atoms with E-state index < -0.39 is 0 Å². The van der Waals surface area contributed by atoms with E-state index in [0.717, 1.165) is 12.2 Å². The van der Waals surface area contributed by atoms with Crippen LogP contribution in [0.25, 0.3) is 0 Å². The maximum absolute atomic E-state index is 12.6. The second-order valence-electron chi connectivity index (χ2n) is 6.98. The summed E-state index contributed by atoms with van der Waals surface area (Å²) in [6.07, 6.45) is 7.36. The molecule has 22 heavy (non-hydrogen) atoms. The van der Waals surface area contributed by atoms with Gasteiger partial charge in [0.05, 0.1) is 6.04 Å². The summed E-state index contributed by atoms with van der Waals surface area (Å²) in [6, 6.07) is 8.51. The fraction of sp³-hybridized carbons (Fsp3) is 0.611. The first kappa shape index (κ1) is 15.9. The number of nitrogens with one attached hydrogen (secondary N) is 1. The van der Waals surface area contributed by atoms with Crippen molar-refractivity contribution >= 4 is 23.4 Å². The number of benzene rings is 1. The lowest BCUT2D eigenvalue weighted by atomic mass is 9.68. The van der Waals surface area contributed by atoms with Crippen LogP contribution in [0.15, 0.2) is 29.2 Å². The lowest BCUT2D eigenvalue weighted by Gasteiger charge is -2.38. The Morgan fingerprint density at radius 3 is 2.82 bits per heavy atom. The van der Waals surface area contributed by atoms with Crippen molar-refractivity contribution in [2.45, 2.75) is 56.5 Å². The maximum atomic E-state index is 12.6. The number of amides is 1. The van der Waals surface area contributed by atoms with Gasteiger partial charge in [-0.2, -0.15) is 0 Å². The van der Waals surface area contributed by atoms with Gasteiger partial charge in [-0.3, -0.25) is 9.69 Å². The van der Waals surface area contributed by atoms with Crippen molar-refractivity contribution in [1.29, 1.82) is 0 Å². The van der Waals surface area contributed by atoms with E-state index in [4.69, 9.17) is 0 Å². The molecule has 1 amide bonds. The third-order valence-corrected chi connectivity index (χ3v) is 6.17. The van der Waals surface area contributed by atoms with E-state index in [0.29, 0.717) is 11.5 Å². The third kappa shape index (κ3) is 3.04. The Bertz CT molecular complexity index is 556. The van der Waals surface area contributed by atoms with Crippen LogP contribution in [0, 0.1) is 5.41 Å². The van der Waals surface area contributed by atoms with Crippen LogP contribution in [0.2, 0.25) is 0 Å². The average molecular weight is 318 g/mol. The molecule has 0 radical (unpaired) electrons. The molecule has 4 heteroatoms. The Labute approximate surface area is 137 Å². The molecule has 1 aliphatic heterocycles. The smallest absolute Gasteiger partial charge is 0.241 e. The Morgan fingerprint density at radius 2 is 2.23 bits per heavy atom. The first-order valence-electron chi connectivity index (χ1n) is 8.24. The van der Waals surface area contributed by atoms with Crippen LogP contribution in [0.4, 0.5) is 5.69 Å². The number of hydrogen-bond donors (Lipinski definition) is 1. The van der Waals surface area contributed by atoms with Gasteiger partial charge in [0.2, 0.25) is 5.91 Å². The van der Waals surface area contributed by atoms with Gasteiger partial charge in [0, 0.05) is 23.2 Å². The summed E-state index contributed by atoms with van der Waals surface area (Å²) in [7, 11) is 0. The normalized spacial score (nSPS) is 25.0. The molecule has 1 N–H and O–H groups in total. The second-order valence-corrected chi connectivity index (χ2v) is 7.86. The highest BCUT2D eigenvalue weighted by Crippen LogP contribution is 2.50. The zero-order chi connectivity index (χ0) is 15.7. The summed E-state index contributed by atoms with van der Waals surface area (Å²) in [6.45, 7) is 5.40. The third-order valence-electron chi connectivity index (χ3n) is 5.44. The van der Waals surface area contributed by atoms with Gasteiger partial charge in [-0.1, -0.05) is 12.5 Å². The molecule has 2 fully saturated rings. The molecule has 1 aliphatic carbocycles. The monoisotopic (exact) mass is 318 g/mol. The largest absolute Gasteiger partial charge is 0.325 e. The summed E-state index contributed by atoms with van der Waals surface area (Å²) in [5, 5.41) is 3.08. The van der Waals surface area contributed by atoms with E-state index in [1.54, 1.807) is 11.8 Å². The average Bonchev–Trinajstić information content (AvgIpc) is 2.84. The van der Waals surface area contributed by atoms with Gasteiger partial charge in [-0.15, -0.1) is 11.8 Å². The zero-order valence-corrected chi connectivity index (χ0v) is 14.6. The van der Waals surface area contributed by atoms with Gasteiger partial charge in [-0.25, -0.2) is 0 Å². The molecule has 0 bridgehead atoms. The van der Waals surface area contributed by atoms with Crippen molar-refractivity contribution in [3.8, 4) is 0 Å². The fourth-order valence-electron chi connectivity index (χ4n) is 4.01. The lowest BCUT2D eigenvalue weighted by molar-refractivity contribution is -0.121. The highest BCUT2D eigenvalue weighted by Gasteiger charge is 2.47. The molecule has 3 rings (SSSR count). The predicted molar refractivity (Wildman–Crippen MR) is 93.4 cm³/mol. The highest BCUT2D eigenvalue weighted by atomic mass is 32.2. The summed E-state index contributed by atoms with van der Waals surface area (Å²) >= 11 is 1.69. The van der Waals surface area contributed by atoms with Gasteiger partial charge in [0.1, 0.15) is 0 Å². The number of hydrogen-bond acceptors (Lipinski definition) is 3. The van der Waals surface area contributed by atoms with E-state index >= 15 is 0 Å². The summed E-state index contributed by atoms with van der Waals surface area (Å²) in [5.74, 6) is 0.112. The molecule has 1 saturated carbocycles. The fourth-order valence-corrected chi connectivity index (χ4v) is 4.47. The number of thioether (sulfide) groups is 1. The molecule has 2 atom stereocenters. The minimum atomic E-state index is -0.0621. The standard InChI is InChI=1S/C18H26N2OS/c1-13-11-18(8-5-9-18)12-20(13)14(2)17(21)19-15-6-4-7-16(10-15)22-3/h4,6-7,10,13-14H,5,8-9,11-12H2,1-3H3,(H,19,21). The van der Waals surface area contributed by atoms with Crippen LogP contribution in [-0.4, -0.2) is 35.7 Å². The van der Waals surface area contributed by atoms with Crippen LogP contribution in [0.5, 0.6) is 0 Å². The minimum Gasteiger partial charge on any atom is -0.325 e. The van der Waals surface area contributed by atoms with Crippen LogP contribution >= 0.6 is 11.8 Å². The lowest BCUT2D eigenvalue weighted by Crippen LogP contribution is -2.45. The second kappa shape index (κ2) is 6.25. The molecule has 2 aliphatic rings. The van der Waals surface area contributed by atoms with Crippen molar-refractivity contribution in [3.63, 3.8) is 0 Å². The molecule has 1 spiro atoms. The number of rotatable bonds is 4. The maximum Gasteiger partial charge on any atom is 0.241 e. The van der Waals surface area contributed by atoms with E-state index in [9.17, 15) is 4.79 Å². The number of likely N-dealkylation sites (tertiary alicyclic amines) is 1. The minimum absolute atomic E-state index is 0.0621. The van der Waals surface area contributed by atoms with E-state index in [1.807, 2.05) is 31.4 Å². The Balaban J connectivity index is 1.64. The van der Waals surface area contributed by atoms with E-state index in [1.165, 1.54) is 30.6 Å². The van der Waals surface area contributed by atoms with Crippen molar-refractivity contribution in [1.82, 2.24) is 4.90 Å². The van der Waals surface area contributed by atoms with Crippen molar-refractivity contribution in [2.75, 3.05) is 18.1 Å². The quantitative estimate of drug-likeness (QED) is 0.852. The molecule has 1 saturated heterocycles. The van der Waals surface area contributed by atoms with Gasteiger partial charge in [0.15, 0.2) is 0 Å². The molecular formula is C18H26N2OS. The van der Waals surface area contributed by atoms with Gasteiger partial charge in [0.25, 0.3) is 0 Å². The Morgan fingerprint density at radius 1 is 1.45 bits per heavy atom. The predicted octanol–water partition coefficient (Wildman–Crippen LogP) is 4.00. The van der Waals surface area contributed by atoms with Gasteiger partial charge in [-0.05, 0) is 63.0 Å². The highest BCUT2D eigenvalue weighted by molar-refractivity contribution is 7.98. The first-order chi connectivity index (χ1) is 10.5. The van der Waals surface area contributed by atoms with E-state index in [-0.39, 0.29) is 11.9 Å². The van der Waals surface area contributed by atoms with Crippen molar-refractivity contribution < 1.29 is 4.79 Å². The number of carbonyl (C=O) groups excluding carboxylic acids is 1. The van der Waals surface area contributed by atoms with Gasteiger partial charge >= 0.3 is 0 Å². The Kier molecular flexibility index (Phi) is 4.51. The van der Waals surface area contributed by atoms with E-state index in [2.05, 4.69) is 23.2 Å². The Hall–Kier alpha value is -1.00. The molecule has 2 unspecified atom stereocenters. The number of nitrogens with zero attached hydrogens (tertiary/aromatic N) is 1. The van der Waals surface area contributed by atoms with Crippen LogP contribution in [0.3, 0.4) is 0 Å². The molecule has 1 aromatic carbocycles. The summed E-state index contributed by atoms with van der Waals surface area (Å²) < 4.78 is 0. The van der Waals surface area contributed by atoms with Crippen molar-refractivity contribution in [3.05, 3.63) is 24.3 Å². The molecule has 3 nitrogen and oxygen atoms in total. The van der Waals surface area contributed by atoms with Gasteiger partial charge < -0.3 is 5.32 Å². The summed E-state index contributed by atoms with van der Waals surface area (Å²) in [4.78, 5) is 16.2. The SMILES string of the molecule is CSc1cccc(NC(=O)C(C)N2CC3(CCC3)CC2C)c1. The zero-order valence-electron chi connectivity index (χ0n) is 13.8. The van der Waals surface area contributed by atoms with Crippen LogP contribution in [0.1, 0.15) is 39.5 Å². The molecular weight excluding hydrogens is 292 g/mol. The van der Waals surface area contributed by atoms with Crippen LogP contribution < -0.4 is 5.32 Å². The summed E-state index contributed by atoms with van der Waals surface area (Å²) in [5.41, 5.74) is 1.42. The van der Waals surface area contributed by atoms with Crippen LogP contribution in [-0.2, 0) is 4.79 Å². The van der Waals surface area contributed by atoms with Crippen molar-refractivity contribution in [2.24, 2.45) is 5.41 Å². The molecule has 0 aromatic heterocycles. The number of anilines is 1. The molecule has 1 aromatic rings. The molecule has 120 valence electrons. The first-order valence-corrected chi connectivity index (χ1v) is 9.46. The molecule has 1 heterocycles. The number of carbonyl (C=O) groups is 1. The topological polar surface area (TPSA) is 32.3 Å².